The highest BCUT2D eigenvalue weighted by Crippen LogP contribution is 2.26. The maximum Gasteiger partial charge on any atom is 0.183 e. The first-order valence-corrected chi connectivity index (χ1v) is 7.55. The van der Waals surface area contributed by atoms with Gasteiger partial charge in [-0.25, -0.2) is 4.98 Å². The number of thiazole rings is 1. The summed E-state index contributed by atoms with van der Waals surface area (Å²) in [7, 11) is 0. The van der Waals surface area contributed by atoms with Gasteiger partial charge in [0.25, 0.3) is 0 Å². The third-order valence-corrected chi connectivity index (χ3v) is 3.74. The second kappa shape index (κ2) is 7.36. The Bertz CT molecular complexity index is 516. The fourth-order valence-corrected chi connectivity index (χ4v) is 2.53. The lowest BCUT2D eigenvalue weighted by Crippen LogP contribution is -2.02. The molecular formula is C14H17ClN2OS. The highest BCUT2D eigenvalue weighted by Gasteiger charge is 2.04. The number of nitrogens with one attached hydrogen (secondary N) is 1. The summed E-state index contributed by atoms with van der Waals surface area (Å²) in [5, 5.41) is 3.36. The van der Waals surface area contributed by atoms with Crippen molar-refractivity contribution in [2.24, 2.45) is 0 Å². The average Bonchev–Trinajstić information content (AvgIpc) is 2.84. The number of benzene rings is 1. The molecule has 1 N–H and O–H groups in total. The number of halogens is 1. The van der Waals surface area contributed by atoms with Crippen LogP contribution in [-0.2, 0) is 6.54 Å². The van der Waals surface area contributed by atoms with Crippen molar-refractivity contribution in [1.29, 1.82) is 0 Å². The minimum Gasteiger partial charge on any atom is -0.491 e. The molecule has 0 unspecified atom stereocenters. The molecule has 102 valence electrons. The van der Waals surface area contributed by atoms with E-state index in [1.807, 2.05) is 24.3 Å². The van der Waals surface area contributed by atoms with E-state index in [1.54, 1.807) is 6.20 Å². The molecule has 0 saturated carbocycles. The van der Waals surface area contributed by atoms with Gasteiger partial charge in [0.05, 0.1) is 18.8 Å². The van der Waals surface area contributed by atoms with Gasteiger partial charge in [0.15, 0.2) is 4.47 Å². The summed E-state index contributed by atoms with van der Waals surface area (Å²) in [6.07, 6.45) is 3.99. The Kier molecular flexibility index (Phi) is 5.48. The number of aromatic nitrogens is 1. The summed E-state index contributed by atoms with van der Waals surface area (Å²) < 4.78 is 6.34. The van der Waals surface area contributed by atoms with Gasteiger partial charge in [-0.2, -0.15) is 0 Å². The van der Waals surface area contributed by atoms with Crippen LogP contribution in [0.25, 0.3) is 0 Å². The van der Waals surface area contributed by atoms with Gasteiger partial charge < -0.3 is 10.1 Å². The predicted octanol–water partition coefficient (Wildman–Crippen LogP) is 4.59. The van der Waals surface area contributed by atoms with E-state index in [0.717, 1.165) is 35.8 Å². The highest BCUT2D eigenvalue weighted by molar-refractivity contribution is 7.15. The molecule has 3 nitrogen and oxygen atoms in total. The Balaban J connectivity index is 1.95. The van der Waals surface area contributed by atoms with Crippen molar-refractivity contribution in [2.75, 3.05) is 11.9 Å². The fraction of sp³-hybridized carbons (Fsp3) is 0.357. The van der Waals surface area contributed by atoms with Gasteiger partial charge in [-0.05, 0) is 18.6 Å². The minimum absolute atomic E-state index is 0.573. The number of unbranched alkanes of at least 4 members (excludes halogenated alkanes) is 1. The third-order valence-electron chi connectivity index (χ3n) is 2.62. The van der Waals surface area contributed by atoms with E-state index < -0.39 is 0 Å². The molecule has 0 atom stereocenters. The van der Waals surface area contributed by atoms with Crippen molar-refractivity contribution >= 4 is 28.6 Å². The number of hydrogen-bond acceptors (Lipinski definition) is 4. The maximum absolute atomic E-state index is 5.81. The summed E-state index contributed by atoms with van der Waals surface area (Å²) in [5.74, 6) is 0.895. The molecule has 5 heteroatoms. The van der Waals surface area contributed by atoms with Crippen LogP contribution >= 0.6 is 22.9 Å². The topological polar surface area (TPSA) is 34.1 Å². The van der Waals surface area contributed by atoms with E-state index in [-0.39, 0.29) is 0 Å². The van der Waals surface area contributed by atoms with E-state index >= 15 is 0 Å². The van der Waals surface area contributed by atoms with E-state index in [2.05, 4.69) is 17.2 Å². The average molecular weight is 297 g/mol. The lowest BCUT2D eigenvalue weighted by Gasteiger charge is -2.12. The first-order valence-electron chi connectivity index (χ1n) is 6.35. The second-order valence-corrected chi connectivity index (χ2v) is 5.83. The van der Waals surface area contributed by atoms with Crippen LogP contribution in [0.15, 0.2) is 30.5 Å². The lowest BCUT2D eigenvalue weighted by molar-refractivity contribution is 0.310. The van der Waals surface area contributed by atoms with Gasteiger partial charge in [0.2, 0.25) is 0 Å². The van der Waals surface area contributed by atoms with Crippen LogP contribution in [0.4, 0.5) is 5.69 Å². The molecule has 0 radical (unpaired) electrons. The van der Waals surface area contributed by atoms with Gasteiger partial charge in [0, 0.05) is 11.1 Å². The predicted molar refractivity (Wildman–Crippen MR) is 81.3 cm³/mol. The summed E-state index contributed by atoms with van der Waals surface area (Å²) in [4.78, 5) is 5.13. The Morgan fingerprint density at radius 3 is 2.95 bits per heavy atom. The van der Waals surface area contributed by atoms with E-state index in [1.165, 1.54) is 11.3 Å². The molecule has 1 aromatic heterocycles. The molecule has 0 aliphatic heterocycles. The number of rotatable bonds is 7. The van der Waals surface area contributed by atoms with E-state index in [0.29, 0.717) is 11.0 Å². The Morgan fingerprint density at radius 1 is 1.37 bits per heavy atom. The quantitative estimate of drug-likeness (QED) is 0.759. The van der Waals surface area contributed by atoms with Crippen LogP contribution in [0.5, 0.6) is 5.75 Å². The molecule has 19 heavy (non-hydrogen) atoms. The van der Waals surface area contributed by atoms with Crippen molar-refractivity contribution < 1.29 is 4.74 Å². The summed E-state index contributed by atoms with van der Waals surface area (Å²) >= 11 is 7.30. The number of anilines is 1. The SMILES string of the molecule is CCCCOc1ccccc1NCc1cnc(Cl)s1. The highest BCUT2D eigenvalue weighted by atomic mass is 35.5. The van der Waals surface area contributed by atoms with Crippen LogP contribution < -0.4 is 10.1 Å². The number of ether oxygens (including phenoxy) is 1. The zero-order valence-electron chi connectivity index (χ0n) is 10.9. The van der Waals surface area contributed by atoms with Gasteiger partial charge >= 0.3 is 0 Å². The lowest BCUT2D eigenvalue weighted by atomic mass is 10.3. The van der Waals surface area contributed by atoms with Crippen molar-refractivity contribution in [2.45, 2.75) is 26.3 Å². The molecule has 0 bridgehead atoms. The smallest absolute Gasteiger partial charge is 0.183 e. The molecule has 0 aliphatic rings. The monoisotopic (exact) mass is 296 g/mol. The van der Waals surface area contributed by atoms with Gasteiger partial charge in [-0.15, -0.1) is 11.3 Å². The number of nitrogens with zero attached hydrogens (tertiary/aromatic N) is 1. The van der Waals surface area contributed by atoms with Crippen molar-refractivity contribution in [1.82, 2.24) is 4.98 Å². The first kappa shape index (κ1) is 14.2. The van der Waals surface area contributed by atoms with E-state index in [9.17, 15) is 0 Å². The zero-order valence-corrected chi connectivity index (χ0v) is 12.4. The Morgan fingerprint density at radius 2 is 2.21 bits per heavy atom. The standard InChI is InChI=1S/C14H17ClN2OS/c1-2-3-8-18-13-7-5-4-6-12(13)16-9-11-10-17-14(15)19-11/h4-7,10,16H,2-3,8-9H2,1H3. The van der Waals surface area contributed by atoms with E-state index in [4.69, 9.17) is 16.3 Å². The number of para-hydroxylation sites is 2. The minimum atomic E-state index is 0.573. The fourth-order valence-electron chi connectivity index (χ4n) is 1.61. The van der Waals surface area contributed by atoms with Gasteiger partial charge in [-0.1, -0.05) is 37.1 Å². The van der Waals surface area contributed by atoms with Crippen molar-refractivity contribution in [3.63, 3.8) is 0 Å². The Hall–Kier alpha value is -1.26. The Labute approximate surface area is 122 Å². The third kappa shape index (κ3) is 4.40. The molecule has 1 aromatic carbocycles. The van der Waals surface area contributed by atoms with Crippen LogP contribution in [0.1, 0.15) is 24.6 Å². The second-order valence-electron chi connectivity index (χ2n) is 4.13. The van der Waals surface area contributed by atoms with Crippen molar-refractivity contribution in [3.05, 3.63) is 39.8 Å². The zero-order chi connectivity index (χ0) is 13.5. The van der Waals surface area contributed by atoms with Gasteiger partial charge in [-0.3, -0.25) is 0 Å². The van der Waals surface area contributed by atoms with Gasteiger partial charge in [0.1, 0.15) is 5.75 Å². The van der Waals surface area contributed by atoms with Crippen LogP contribution in [-0.4, -0.2) is 11.6 Å². The molecule has 0 amide bonds. The normalized spacial score (nSPS) is 10.4. The van der Waals surface area contributed by atoms with Crippen LogP contribution in [0.2, 0.25) is 4.47 Å². The molecule has 0 fully saturated rings. The molecule has 1 heterocycles. The maximum atomic E-state index is 5.81. The summed E-state index contributed by atoms with van der Waals surface area (Å²) in [5.41, 5.74) is 1.00. The molecule has 0 spiro atoms. The molecule has 0 saturated heterocycles. The number of hydrogen-bond donors (Lipinski definition) is 1. The van der Waals surface area contributed by atoms with Crippen LogP contribution in [0.3, 0.4) is 0 Å². The largest absolute Gasteiger partial charge is 0.491 e. The van der Waals surface area contributed by atoms with Crippen LogP contribution in [0, 0.1) is 0 Å². The molecule has 0 aliphatic carbocycles. The molecule has 2 rings (SSSR count). The van der Waals surface area contributed by atoms with Crippen molar-refractivity contribution in [3.8, 4) is 5.75 Å². The molecular weight excluding hydrogens is 280 g/mol. The summed E-state index contributed by atoms with van der Waals surface area (Å²) in [6, 6.07) is 7.98. The molecule has 2 aromatic rings. The summed E-state index contributed by atoms with van der Waals surface area (Å²) in [6.45, 7) is 3.61. The first-order chi connectivity index (χ1) is 9.29.